The third kappa shape index (κ3) is 5.98. The van der Waals surface area contributed by atoms with Crippen molar-refractivity contribution in [3.63, 3.8) is 0 Å². The summed E-state index contributed by atoms with van der Waals surface area (Å²) in [5.41, 5.74) is 10.7. The molecule has 1 unspecified atom stereocenters. The number of hydrogen-bond acceptors (Lipinski definition) is 8. The van der Waals surface area contributed by atoms with Crippen LogP contribution in [0.4, 0.5) is 0 Å². The van der Waals surface area contributed by atoms with Crippen molar-refractivity contribution >= 4 is 17.9 Å². The molecule has 8 heteroatoms. The number of phenolic OH excluding ortho intramolecular Hbond substituents is 1. The SMILES string of the molecule is COC(=O)C(N)CCC(=O)OC(=O)[C@@](C)(N)Cc1ccc(O)cc1. The fourth-order valence-corrected chi connectivity index (χ4v) is 1.92. The van der Waals surface area contributed by atoms with Crippen molar-refractivity contribution in [1.82, 2.24) is 0 Å². The summed E-state index contributed by atoms with van der Waals surface area (Å²) >= 11 is 0. The van der Waals surface area contributed by atoms with Gasteiger partial charge in [0, 0.05) is 12.8 Å². The predicted molar refractivity (Wildman–Crippen MR) is 84.7 cm³/mol. The Balaban J connectivity index is 2.54. The van der Waals surface area contributed by atoms with Gasteiger partial charge >= 0.3 is 17.9 Å². The minimum absolute atomic E-state index is 0.00195. The molecule has 0 spiro atoms. The number of phenols is 1. The van der Waals surface area contributed by atoms with Crippen molar-refractivity contribution < 1.29 is 29.0 Å². The van der Waals surface area contributed by atoms with Gasteiger partial charge in [-0.2, -0.15) is 0 Å². The van der Waals surface area contributed by atoms with Crippen LogP contribution in [0.5, 0.6) is 5.75 Å². The standard InChI is InChI=1S/C16H22N2O6/c1-16(18,9-10-3-5-11(19)6-4-10)15(22)24-13(20)8-7-12(17)14(21)23-2/h3-6,12,19H,7-9,17-18H2,1-2H3/t12?,16-/m0/s1. The van der Waals surface area contributed by atoms with Crippen LogP contribution in [0.25, 0.3) is 0 Å². The van der Waals surface area contributed by atoms with Crippen molar-refractivity contribution in [2.45, 2.75) is 37.8 Å². The average molecular weight is 338 g/mol. The highest BCUT2D eigenvalue weighted by atomic mass is 16.6. The number of methoxy groups -OCH3 is 1. The van der Waals surface area contributed by atoms with Crippen LogP contribution in [-0.2, 0) is 30.3 Å². The van der Waals surface area contributed by atoms with Crippen molar-refractivity contribution in [3.8, 4) is 5.75 Å². The molecule has 24 heavy (non-hydrogen) atoms. The highest BCUT2D eigenvalue weighted by molar-refractivity contribution is 5.91. The van der Waals surface area contributed by atoms with Gasteiger partial charge in [-0.15, -0.1) is 0 Å². The topological polar surface area (TPSA) is 142 Å². The van der Waals surface area contributed by atoms with E-state index in [1.165, 1.54) is 26.2 Å². The average Bonchev–Trinajstić information content (AvgIpc) is 2.53. The Morgan fingerprint density at radius 2 is 1.83 bits per heavy atom. The number of esters is 3. The predicted octanol–water partition coefficient (Wildman–Crippen LogP) is 0.00240. The van der Waals surface area contributed by atoms with Crippen molar-refractivity contribution in [2.75, 3.05) is 7.11 Å². The molecule has 0 aliphatic carbocycles. The van der Waals surface area contributed by atoms with Crippen molar-refractivity contribution in [1.29, 1.82) is 0 Å². The number of ether oxygens (including phenoxy) is 2. The van der Waals surface area contributed by atoms with Gasteiger partial charge in [0.15, 0.2) is 0 Å². The maximum Gasteiger partial charge on any atom is 0.333 e. The van der Waals surface area contributed by atoms with Crippen LogP contribution in [0.15, 0.2) is 24.3 Å². The lowest BCUT2D eigenvalue weighted by Crippen LogP contribution is -2.48. The molecule has 1 aromatic rings. The molecule has 0 aliphatic rings. The lowest BCUT2D eigenvalue weighted by Gasteiger charge is -2.22. The van der Waals surface area contributed by atoms with Gasteiger partial charge in [-0.3, -0.25) is 9.59 Å². The second-order valence-electron chi connectivity index (χ2n) is 5.69. The van der Waals surface area contributed by atoms with E-state index in [9.17, 15) is 19.5 Å². The van der Waals surface area contributed by atoms with Crippen LogP contribution < -0.4 is 11.5 Å². The highest BCUT2D eigenvalue weighted by Crippen LogP contribution is 2.16. The number of hydrogen-bond donors (Lipinski definition) is 3. The quantitative estimate of drug-likeness (QED) is 0.466. The number of rotatable bonds is 7. The van der Waals surface area contributed by atoms with Gasteiger partial charge in [0.2, 0.25) is 0 Å². The summed E-state index contributed by atoms with van der Waals surface area (Å²) in [4.78, 5) is 34.8. The summed E-state index contributed by atoms with van der Waals surface area (Å²) < 4.78 is 9.15. The van der Waals surface area contributed by atoms with Crippen molar-refractivity contribution in [3.05, 3.63) is 29.8 Å². The first-order valence-electron chi connectivity index (χ1n) is 7.31. The zero-order chi connectivity index (χ0) is 18.3. The lowest BCUT2D eigenvalue weighted by atomic mass is 9.94. The molecule has 0 bridgehead atoms. The van der Waals surface area contributed by atoms with Crippen LogP contribution >= 0.6 is 0 Å². The molecule has 1 aromatic carbocycles. The lowest BCUT2D eigenvalue weighted by molar-refractivity contribution is -0.163. The molecule has 0 aromatic heterocycles. The van der Waals surface area contributed by atoms with E-state index in [-0.39, 0.29) is 25.0 Å². The van der Waals surface area contributed by atoms with Crippen LogP contribution in [0.3, 0.4) is 0 Å². The zero-order valence-corrected chi connectivity index (χ0v) is 13.7. The molecule has 0 heterocycles. The van der Waals surface area contributed by atoms with E-state index in [0.29, 0.717) is 5.56 Å². The summed E-state index contributed by atoms with van der Waals surface area (Å²) in [7, 11) is 1.19. The molecule has 132 valence electrons. The number of carbonyl (C=O) groups is 3. The fraction of sp³-hybridized carbons (Fsp3) is 0.438. The van der Waals surface area contributed by atoms with E-state index in [1.807, 2.05) is 0 Å². The molecule has 0 saturated carbocycles. The first kappa shape index (κ1) is 19.6. The fourth-order valence-electron chi connectivity index (χ4n) is 1.92. The number of nitrogens with two attached hydrogens (primary N) is 2. The first-order valence-corrected chi connectivity index (χ1v) is 7.31. The minimum Gasteiger partial charge on any atom is -0.508 e. The Bertz CT molecular complexity index is 597. The number of carbonyl (C=O) groups excluding carboxylic acids is 3. The Kier molecular flexibility index (Phi) is 6.87. The van der Waals surface area contributed by atoms with Gasteiger partial charge in [-0.25, -0.2) is 4.79 Å². The monoisotopic (exact) mass is 338 g/mol. The molecule has 0 aliphatic heterocycles. The molecule has 2 atom stereocenters. The van der Waals surface area contributed by atoms with E-state index >= 15 is 0 Å². The molecule has 8 nitrogen and oxygen atoms in total. The van der Waals surface area contributed by atoms with E-state index in [0.717, 1.165) is 0 Å². The van der Waals surface area contributed by atoms with E-state index < -0.39 is 29.5 Å². The molecule has 0 radical (unpaired) electrons. The molecule has 5 N–H and O–H groups in total. The second kappa shape index (κ2) is 8.42. The van der Waals surface area contributed by atoms with Gasteiger partial charge in [0.05, 0.1) is 7.11 Å². The van der Waals surface area contributed by atoms with Crippen LogP contribution in [0.1, 0.15) is 25.3 Å². The zero-order valence-electron chi connectivity index (χ0n) is 13.7. The molecule has 1 rings (SSSR count). The van der Waals surface area contributed by atoms with Gasteiger partial charge in [-0.1, -0.05) is 12.1 Å². The second-order valence-corrected chi connectivity index (χ2v) is 5.69. The molecular formula is C16H22N2O6. The summed E-state index contributed by atoms with van der Waals surface area (Å²) in [5, 5.41) is 9.23. The molecule has 0 amide bonds. The van der Waals surface area contributed by atoms with Crippen LogP contribution in [0.2, 0.25) is 0 Å². The Labute approximate surface area is 139 Å². The van der Waals surface area contributed by atoms with Gasteiger partial charge < -0.3 is 26.0 Å². The van der Waals surface area contributed by atoms with Gasteiger partial charge in [0.1, 0.15) is 17.3 Å². The minimum atomic E-state index is -1.42. The first-order chi connectivity index (χ1) is 11.2. The van der Waals surface area contributed by atoms with Crippen LogP contribution in [-0.4, -0.2) is 41.7 Å². The number of benzene rings is 1. The van der Waals surface area contributed by atoms with E-state index in [2.05, 4.69) is 4.74 Å². The van der Waals surface area contributed by atoms with E-state index in [4.69, 9.17) is 16.2 Å². The smallest absolute Gasteiger partial charge is 0.333 e. The third-order valence-electron chi connectivity index (χ3n) is 3.34. The Hall–Kier alpha value is -2.45. The van der Waals surface area contributed by atoms with Crippen LogP contribution in [0, 0.1) is 0 Å². The summed E-state index contributed by atoms with van der Waals surface area (Å²) in [5.74, 6) is -2.25. The Morgan fingerprint density at radius 1 is 1.25 bits per heavy atom. The van der Waals surface area contributed by atoms with Crippen molar-refractivity contribution in [2.24, 2.45) is 11.5 Å². The normalized spacial score (nSPS) is 14.3. The summed E-state index contributed by atoms with van der Waals surface area (Å²) in [6, 6.07) is 5.21. The van der Waals surface area contributed by atoms with E-state index in [1.54, 1.807) is 12.1 Å². The maximum atomic E-state index is 12.0. The summed E-state index contributed by atoms with van der Waals surface area (Å²) in [6.07, 6.45) is -0.0869. The maximum absolute atomic E-state index is 12.0. The van der Waals surface area contributed by atoms with Gasteiger partial charge in [0.25, 0.3) is 0 Å². The molecule has 0 fully saturated rings. The largest absolute Gasteiger partial charge is 0.508 e. The molecule has 0 saturated heterocycles. The van der Waals surface area contributed by atoms with Gasteiger partial charge in [-0.05, 0) is 31.0 Å². The molecular weight excluding hydrogens is 316 g/mol. The number of aromatic hydroxyl groups is 1. The summed E-state index contributed by atoms with van der Waals surface area (Å²) in [6.45, 7) is 1.44. The Morgan fingerprint density at radius 3 is 2.38 bits per heavy atom. The third-order valence-corrected chi connectivity index (χ3v) is 3.34. The highest BCUT2D eigenvalue weighted by Gasteiger charge is 2.32.